The average molecular weight is 275 g/mol. The highest BCUT2D eigenvalue weighted by Crippen LogP contribution is 2.21. The van der Waals surface area contributed by atoms with E-state index in [0.717, 1.165) is 18.5 Å². The van der Waals surface area contributed by atoms with E-state index in [1.54, 1.807) is 19.2 Å². The third kappa shape index (κ3) is 2.82. The van der Waals surface area contributed by atoms with Crippen molar-refractivity contribution in [3.05, 3.63) is 29.3 Å². The maximum absolute atomic E-state index is 12.3. The topological polar surface area (TPSA) is 70.2 Å². The molecule has 0 radical (unpaired) electrons. The molecule has 5 nitrogen and oxygen atoms in total. The minimum Gasteiger partial charge on any atom is -0.355 e. The van der Waals surface area contributed by atoms with Crippen molar-refractivity contribution in [2.45, 2.75) is 26.3 Å². The molecular weight excluding hydrogens is 254 g/mol. The van der Waals surface area contributed by atoms with Crippen LogP contribution in [0.2, 0.25) is 0 Å². The summed E-state index contributed by atoms with van der Waals surface area (Å²) < 4.78 is 0. The number of rotatable bonds is 3. The lowest BCUT2D eigenvalue weighted by atomic mass is 10.0. The first kappa shape index (κ1) is 14.5. The van der Waals surface area contributed by atoms with Crippen molar-refractivity contribution in [2.24, 2.45) is 5.92 Å². The molecule has 2 atom stereocenters. The van der Waals surface area contributed by atoms with Crippen molar-refractivity contribution in [3.63, 3.8) is 0 Å². The molecule has 0 saturated carbocycles. The molecule has 20 heavy (non-hydrogen) atoms. The van der Waals surface area contributed by atoms with Gasteiger partial charge in [0.15, 0.2) is 0 Å². The fraction of sp³-hybridized carbons (Fsp3) is 0.467. The largest absolute Gasteiger partial charge is 0.355 e. The third-order valence-electron chi connectivity index (χ3n) is 3.88. The molecule has 1 fully saturated rings. The van der Waals surface area contributed by atoms with Crippen molar-refractivity contribution in [1.29, 1.82) is 0 Å². The Bertz CT molecular complexity index is 528. The Morgan fingerprint density at radius 2 is 2.10 bits per heavy atom. The molecule has 3 N–H and O–H groups in total. The standard InChI is InChI=1S/C15H21N3O2/c1-9-7-8-17-13(9)15(20)18-12-6-4-5-11(10(12)2)14(19)16-3/h4-6,9,13,17H,7-8H2,1-3H3,(H,16,19)(H,18,20). The summed E-state index contributed by atoms with van der Waals surface area (Å²) in [5.74, 6) is 0.149. The monoisotopic (exact) mass is 275 g/mol. The van der Waals surface area contributed by atoms with Gasteiger partial charge >= 0.3 is 0 Å². The Morgan fingerprint density at radius 1 is 1.35 bits per heavy atom. The van der Waals surface area contributed by atoms with Crippen LogP contribution in [-0.4, -0.2) is 31.4 Å². The molecule has 2 unspecified atom stereocenters. The lowest BCUT2D eigenvalue weighted by molar-refractivity contribution is -0.118. The summed E-state index contributed by atoms with van der Waals surface area (Å²) in [5.41, 5.74) is 2.06. The van der Waals surface area contributed by atoms with Crippen molar-refractivity contribution in [1.82, 2.24) is 10.6 Å². The second kappa shape index (κ2) is 6.05. The van der Waals surface area contributed by atoms with Crippen LogP contribution in [0.3, 0.4) is 0 Å². The van der Waals surface area contributed by atoms with Crippen molar-refractivity contribution >= 4 is 17.5 Å². The zero-order valence-corrected chi connectivity index (χ0v) is 12.1. The quantitative estimate of drug-likeness (QED) is 0.778. The maximum Gasteiger partial charge on any atom is 0.251 e. The highest BCUT2D eigenvalue weighted by Gasteiger charge is 2.29. The Hall–Kier alpha value is -1.88. The van der Waals surface area contributed by atoms with E-state index in [9.17, 15) is 9.59 Å². The predicted molar refractivity (Wildman–Crippen MR) is 78.8 cm³/mol. The van der Waals surface area contributed by atoms with E-state index in [4.69, 9.17) is 0 Å². The van der Waals surface area contributed by atoms with Crippen LogP contribution in [0.4, 0.5) is 5.69 Å². The first-order chi connectivity index (χ1) is 9.54. The maximum atomic E-state index is 12.3. The van der Waals surface area contributed by atoms with Crippen LogP contribution in [0.5, 0.6) is 0 Å². The van der Waals surface area contributed by atoms with E-state index in [1.807, 2.05) is 13.0 Å². The number of hydrogen-bond acceptors (Lipinski definition) is 3. The SMILES string of the molecule is CNC(=O)c1cccc(NC(=O)C2NCCC2C)c1C. The minimum absolute atomic E-state index is 0.0350. The van der Waals surface area contributed by atoms with Crippen LogP contribution in [0, 0.1) is 12.8 Å². The van der Waals surface area contributed by atoms with Gasteiger partial charge in [0.1, 0.15) is 0 Å². The molecule has 5 heteroatoms. The third-order valence-corrected chi connectivity index (χ3v) is 3.88. The molecule has 2 amide bonds. The number of hydrogen-bond donors (Lipinski definition) is 3. The second-order valence-electron chi connectivity index (χ2n) is 5.24. The Kier molecular flexibility index (Phi) is 4.39. The lowest BCUT2D eigenvalue weighted by Crippen LogP contribution is -2.39. The number of benzene rings is 1. The molecule has 2 rings (SSSR count). The summed E-state index contributed by atoms with van der Waals surface area (Å²) >= 11 is 0. The van der Waals surface area contributed by atoms with Crippen molar-refractivity contribution in [2.75, 3.05) is 18.9 Å². The Morgan fingerprint density at radius 3 is 2.70 bits per heavy atom. The Balaban J connectivity index is 2.17. The van der Waals surface area contributed by atoms with Crippen molar-refractivity contribution in [3.8, 4) is 0 Å². The van der Waals surface area contributed by atoms with Crippen LogP contribution in [0.25, 0.3) is 0 Å². The minimum atomic E-state index is -0.155. The molecule has 1 heterocycles. The molecule has 0 aromatic heterocycles. The fourth-order valence-electron chi connectivity index (χ4n) is 2.55. The summed E-state index contributed by atoms with van der Waals surface area (Å²) in [6.07, 6.45) is 1.01. The zero-order chi connectivity index (χ0) is 14.7. The van der Waals surface area contributed by atoms with Gasteiger partial charge in [-0.05, 0) is 43.5 Å². The molecule has 1 saturated heterocycles. The molecular formula is C15H21N3O2. The summed E-state index contributed by atoms with van der Waals surface area (Å²) in [6, 6.07) is 5.19. The van der Waals surface area contributed by atoms with Gasteiger partial charge in [0, 0.05) is 18.3 Å². The van der Waals surface area contributed by atoms with Crippen LogP contribution in [0.15, 0.2) is 18.2 Å². The number of amides is 2. The molecule has 0 bridgehead atoms. The summed E-state index contributed by atoms with van der Waals surface area (Å²) in [7, 11) is 1.59. The molecule has 1 aliphatic rings. The summed E-state index contributed by atoms with van der Waals surface area (Å²) in [4.78, 5) is 24.0. The first-order valence-electron chi connectivity index (χ1n) is 6.90. The number of carbonyl (C=O) groups excluding carboxylic acids is 2. The van der Waals surface area contributed by atoms with Gasteiger partial charge in [-0.25, -0.2) is 0 Å². The molecule has 0 aliphatic carbocycles. The van der Waals surface area contributed by atoms with Crippen LogP contribution in [-0.2, 0) is 4.79 Å². The van der Waals surface area contributed by atoms with E-state index >= 15 is 0 Å². The van der Waals surface area contributed by atoms with E-state index in [-0.39, 0.29) is 17.9 Å². The van der Waals surface area contributed by atoms with E-state index < -0.39 is 0 Å². The lowest BCUT2D eigenvalue weighted by Gasteiger charge is -2.17. The van der Waals surface area contributed by atoms with E-state index in [1.165, 1.54) is 0 Å². The number of carbonyl (C=O) groups is 2. The Labute approximate surface area is 119 Å². The number of anilines is 1. The zero-order valence-electron chi connectivity index (χ0n) is 12.1. The second-order valence-corrected chi connectivity index (χ2v) is 5.24. The van der Waals surface area contributed by atoms with Crippen LogP contribution < -0.4 is 16.0 Å². The molecule has 0 spiro atoms. The van der Waals surface area contributed by atoms with Gasteiger partial charge in [0.2, 0.25) is 5.91 Å². The van der Waals surface area contributed by atoms with Gasteiger partial charge in [-0.1, -0.05) is 13.0 Å². The summed E-state index contributed by atoms with van der Waals surface area (Å²) in [6.45, 7) is 4.78. The van der Waals surface area contributed by atoms with Gasteiger partial charge in [0.25, 0.3) is 5.91 Å². The van der Waals surface area contributed by atoms with Gasteiger partial charge in [0.05, 0.1) is 6.04 Å². The summed E-state index contributed by atoms with van der Waals surface area (Å²) in [5, 5.41) is 8.72. The fourth-order valence-corrected chi connectivity index (χ4v) is 2.55. The van der Waals surface area contributed by atoms with Gasteiger partial charge in [-0.3, -0.25) is 9.59 Å². The highest BCUT2D eigenvalue weighted by atomic mass is 16.2. The molecule has 1 aromatic rings. The van der Waals surface area contributed by atoms with Gasteiger partial charge in [-0.2, -0.15) is 0 Å². The molecule has 108 valence electrons. The number of nitrogens with one attached hydrogen (secondary N) is 3. The van der Waals surface area contributed by atoms with Gasteiger partial charge < -0.3 is 16.0 Å². The molecule has 1 aliphatic heterocycles. The van der Waals surface area contributed by atoms with Gasteiger partial charge in [-0.15, -0.1) is 0 Å². The van der Waals surface area contributed by atoms with Crippen LogP contribution in [0.1, 0.15) is 29.3 Å². The highest BCUT2D eigenvalue weighted by molar-refractivity contribution is 6.00. The normalized spacial score (nSPS) is 21.6. The first-order valence-corrected chi connectivity index (χ1v) is 6.90. The van der Waals surface area contributed by atoms with Crippen LogP contribution >= 0.6 is 0 Å². The van der Waals surface area contributed by atoms with Crippen molar-refractivity contribution < 1.29 is 9.59 Å². The van der Waals surface area contributed by atoms with E-state index in [0.29, 0.717) is 17.2 Å². The molecule has 1 aromatic carbocycles. The predicted octanol–water partition coefficient (Wildman–Crippen LogP) is 1.29. The average Bonchev–Trinajstić information content (AvgIpc) is 2.86. The smallest absolute Gasteiger partial charge is 0.251 e. The van der Waals surface area contributed by atoms with E-state index in [2.05, 4.69) is 22.9 Å².